The Kier molecular flexibility index (Phi) is 6.77. The molecule has 1 atom stereocenters. The zero-order valence-electron chi connectivity index (χ0n) is 12.7. The maximum Gasteiger partial charge on any atom is 0.303 e. The molecule has 2 rings (SSSR count). The molecule has 1 fully saturated rings. The number of hydrogen-bond donors (Lipinski definition) is 2. The number of hydrogen-bond acceptors (Lipinski definition) is 3. The topological polar surface area (TPSA) is 66.4 Å². The van der Waals surface area contributed by atoms with Gasteiger partial charge in [0.2, 0.25) is 5.91 Å². The van der Waals surface area contributed by atoms with Gasteiger partial charge in [-0.1, -0.05) is 30.3 Å². The minimum Gasteiger partial charge on any atom is -0.481 e. The molecule has 0 bridgehead atoms. The summed E-state index contributed by atoms with van der Waals surface area (Å²) in [4.78, 5) is 23.2. The van der Waals surface area contributed by atoms with E-state index in [1.165, 1.54) is 0 Å². The zero-order chi connectivity index (χ0) is 15.8. The lowest BCUT2D eigenvalue weighted by Crippen LogP contribution is -2.41. The number of nitrogens with one attached hydrogen (secondary N) is 1. The maximum absolute atomic E-state index is 12.4. The molecule has 0 saturated carbocycles. The van der Waals surface area contributed by atoms with Crippen molar-refractivity contribution in [3.05, 3.63) is 35.9 Å². The molecule has 0 aromatic heterocycles. The number of benzene rings is 1. The van der Waals surface area contributed by atoms with E-state index < -0.39 is 5.97 Å². The van der Waals surface area contributed by atoms with Crippen LogP contribution in [0, 0.1) is 5.92 Å². The van der Waals surface area contributed by atoms with Crippen LogP contribution >= 0.6 is 11.8 Å². The number of rotatable bonds is 7. The Morgan fingerprint density at radius 2 is 1.91 bits per heavy atom. The predicted molar refractivity (Wildman–Crippen MR) is 89.0 cm³/mol. The average molecular weight is 321 g/mol. The van der Waals surface area contributed by atoms with E-state index in [9.17, 15) is 9.59 Å². The molecule has 22 heavy (non-hydrogen) atoms. The van der Waals surface area contributed by atoms with Crippen LogP contribution in [0.5, 0.6) is 0 Å². The van der Waals surface area contributed by atoms with Gasteiger partial charge in [0.05, 0.1) is 0 Å². The van der Waals surface area contributed by atoms with Crippen molar-refractivity contribution in [3.8, 4) is 0 Å². The molecule has 0 radical (unpaired) electrons. The summed E-state index contributed by atoms with van der Waals surface area (Å²) < 4.78 is 0. The molecule has 1 aliphatic rings. The first-order valence-electron chi connectivity index (χ1n) is 7.79. The van der Waals surface area contributed by atoms with Crippen molar-refractivity contribution in [3.63, 3.8) is 0 Å². The molecule has 4 nitrogen and oxygen atoms in total. The van der Waals surface area contributed by atoms with Crippen LogP contribution in [0.4, 0.5) is 0 Å². The molecular formula is C17H23NO3S. The van der Waals surface area contributed by atoms with Crippen LogP contribution < -0.4 is 5.32 Å². The Morgan fingerprint density at radius 1 is 1.23 bits per heavy atom. The van der Waals surface area contributed by atoms with Crippen LogP contribution in [0.25, 0.3) is 0 Å². The van der Waals surface area contributed by atoms with Crippen LogP contribution in [0.15, 0.2) is 30.3 Å². The Bertz CT molecular complexity index is 486. The van der Waals surface area contributed by atoms with Crippen molar-refractivity contribution in [2.24, 2.45) is 5.92 Å². The Labute approximate surface area is 135 Å². The van der Waals surface area contributed by atoms with Gasteiger partial charge in [0, 0.05) is 18.4 Å². The summed E-state index contributed by atoms with van der Waals surface area (Å²) in [6.07, 6.45) is 3.08. The molecular weight excluding hydrogens is 298 g/mol. The van der Waals surface area contributed by atoms with Crippen LogP contribution in [0.1, 0.15) is 31.2 Å². The normalized spacial score (nSPS) is 16.9. The van der Waals surface area contributed by atoms with Gasteiger partial charge in [-0.25, -0.2) is 0 Å². The highest BCUT2D eigenvalue weighted by atomic mass is 32.2. The van der Waals surface area contributed by atoms with Crippen molar-refractivity contribution >= 4 is 23.6 Å². The standard InChI is InChI=1S/C17H23NO3S/c19-16(20)7-6-15(12-13-4-2-1-3-5-13)18-17(21)14-8-10-22-11-9-14/h1-5,14-15H,6-12H2,(H,18,21)(H,19,20). The van der Waals surface area contributed by atoms with Gasteiger partial charge in [-0.3, -0.25) is 9.59 Å². The first kappa shape index (κ1) is 16.9. The predicted octanol–water partition coefficient (Wildman–Crippen LogP) is 2.72. The largest absolute Gasteiger partial charge is 0.481 e. The summed E-state index contributed by atoms with van der Waals surface area (Å²) >= 11 is 1.89. The number of aliphatic carboxylic acids is 1. The van der Waals surface area contributed by atoms with Crippen molar-refractivity contribution in [1.82, 2.24) is 5.32 Å². The van der Waals surface area contributed by atoms with Gasteiger partial charge in [0.1, 0.15) is 0 Å². The fourth-order valence-electron chi connectivity index (χ4n) is 2.70. The van der Waals surface area contributed by atoms with E-state index in [0.29, 0.717) is 12.8 Å². The van der Waals surface area contributed by atoms with Gasteiger partial charge in [-0.2, -0.15) is 11.8 Å². The molecule has 1 unspecified atom stereocenters. The fourth-order valence-corrected chi connectivity index (χ4v) is 3.81. The number of amides is 1. The number of carboxylic acid groups (broad SMARTS) is 1. The van der Waals surface area contributed by atoms with Gasteiger partial charge >= 0.3 is 5.97 Å². The second-order valence-corrected chi connectivity index (χ2v) is 6.94. The highest BCUT2D eigenvalue weighted by Gasteiger charge is 2.24. The summed E-state index contributed by atoms with van der Waals surface area (Å²) in [7, 11) is 0. The second kappa shape index (κ2) is 8.83. The maximum atomic E-state index is 12.4. The molecule has 1 saturated heterocycles. The molecule has 0 aliphatic carbocycles. The molecule has 1 heterocycles. The first-order chi connectivity index (χ1) is 10.6. The van der Waals surface area contributed by atoms with Crippen LogP contribution in [0.3, 0.4) is 0 Å². The minimum absolute atomic E-state index is 0.0816. The Hall–Kier alpha value is -1.49. The van der Waals surface area contributed by atoms with E-state index in [-0.39, 0.29) is 24.3 Å². The number of carbonyl (C=O) groups is 2. The van der Waals surface area contributed by atoms with E-state index in [2.05, 4.69) is 5.32 Å². The smallest absolute Gasteiger partial charge is 0.303 e. The molecule has 0 spiro atoms. The summed E-state index contributed by atoms with van der Waals surface area (Å²) in [6, 6.07) is 9.79. The third kappa shape index (κ3) is 5.72. The molecule has 1 amide bonds. The van der Waals surface area contributed by atoms with E-state index in [1.807, 2.05) is 42.1 Å². The van der Waals surface area contributed by atoms with Gasteiger partial charge in [0.15, 0.2) is 0 Å². The van der Waals surface area contributed by atoms with Gasteiger partial charge in [-0.05, 0) is 42.8 Å². The van der Waals surface area contributed by atoms with Crippen molar-refractivity contribution in [1.29, 1.82) is 0 Å². The number of carbonyl (C=O) groups excluding carboxylic acids is 1. The molecule has 1 aromatic carbocycles. The highest BCUT2D eigenvalue weighted by molar-refractivity contribution is 7.99. The lowest BCUT2D eigenvalue weighted by Gasteiger charge is -2.24. The van der Waals surface area contributed by atoms with Gasteiger partial charge in [-0.15, -0.1) is 0 Å². The Balaban J connectivity index is 1.93. The monoisotopic (exact) mass is 321 g/mol. The summed E-state index contributed by atoms with van der Waals surface area (Å²) in [6.45, 7) is 0. The zero-order valence-corrected chi connectivity index (χ0v) is 13.5. The molecule has 1 aromatic rings. The van der Waals surface area contributed by atoms with Crippen molar-refractivity contribution in [2.45, 2.75) is 38.1 Å². The van der Waals surface area contributed by atoms with Gasteiger partial charge < -0.3 is 10.4 Å². The SMILES string of the molecule is O=C(O)CCC(Cc1ccccc1)NC(=O)C1CCSCC1. The van der Waals surface area contributed by atoms with E-state index in [4.69, 9.17) is 5.11 Å². The number of carboxylic acids is 1. The lowest BCUT2D eigenvalue weighted by molar-refractivity contribution is -0.137. The quantitative estimate of drug-likeness (QED) is 0.810. The third-order valence-electron chi connectivity index (χ3n) is 3.97. The highest BCUT2D eigenvalue weighted by Crippen LogP contribution is 2.23. The Morgan fingerprint density at radius 3 is 2.55 bits per heavy atom. The third-order valence-corrected chi connectivity index (χ3v) is 5.02. The van der Waals surface area contributed by atoms with Gasteiger partial charge in [0.25, 0.3) is 0 Å². The van der Waals surface area contributed by atoms with E-state index >= 15 is 0 Å². The molecule has 2 N–H and O–H groups in total. The van der Waals surface area contributed by atoms with Crippen LogP contribution in [-0.4, -0.2) is 34.5 Å². The molecule has 120 valence electrons. The lowest BCUT2D eigenvalue weighted by atomic mass is 9.98. The minimum atomic E-state index is -0.818. The van der Waals surface area contributed by atoms with E-state index in [0.717, 1.165) is 29.9 Å². The molecule has 1 aliphatic heterocycles. The summed E-state index contributed by atoms with van der Waals surface area (Å²) in [5.74, 6) is 1.44. The summed E-state index contributed by atoms with van der Waals surface area (Å²) in [5.41, 5.74) is 1.12. The molecule has 5 heteroatoms. The average Bonchev–Trinajstić information content (AvgIpc) is 2.54. The summed E-state index contributed by atoms with van der Waals surface area (Å²) in [5, 5.41) is 12.0. The van der Waals surface area contributed by atoms with E-state index in [1.54, 1.807) is 0 Å². The van der Waals surface area contributed by atoms with Crippen LogP contribution in [0.2, 0.25) is 0 Å². The van der Waals surface area contributed by atoms with Crippen molar-refractivity contribution < 1.29 is 14.7 Å². The second-order valence-electron chi connectivity index (χ2n) is 5.71. The fraction of sp³-hybridized carbons (Fsp3) is 0.529. The number of thioether (sulfide) groups is 1. The van der Waals surface area contributed by atoms with Crippen molar-refractivity contribution in [2.75, 3.05) is 11.5 Å². The van der Waals surface area contributed by atoms with Crippen LogP contribution in [-0.2, 0) is 16.0 Å². The first-order valence-corrected chi connectivity index (χ1v) is 8.94.